The van der Waals surface area contributed by atoms with Crippen LogP contribution in [-0.4, -0.2) is 29.2 Å². The molecule has 1 aliphatic carbocycles. The molecule has 2 N–H and O–H groups in total. The van der Waals surface area contributed by atoms with Gasteiger partial charge in [-0.15, -0.1) is 0 Å². The number of hydrogen-bond acceptors (Lipinski definition) is 4. The number of rotatable bonds is 4. The average molecular weight is 272 g/mol. The molecule has 0 fully saturated rings. The molecule has 0 saturated heterocycles. The molecule has 0 spiro atoms. The third kappa shape index (κ3) is 3.36. The number of allylic oxidation sites excluding steroid dienone is 2. The second-order valence-electron chi connectivity index (χ2n) is 4.48. The van der Waals surface area contributed by atoms with Gasteiger partial charge in [0.15, 0.2) is 5.78 Å². The summed E-state index contributed by atoms with van der Waals surface area (Å²) < 4.78 is 5.05. The van der Waals surface area contributed by atoms with Crippen LogP contribution < -0.4 is 4.74 Å². The first kappa shape index (κ1) is 14.1. The minimum absolute atomic E-state index is 0.0271. The second-order valence-corrected chi connectivity index (χ2v) is 4.48. The van der Waals surface area contributed by atoms with Crippen molar-refractivity contribution in [2.45, 2.75) is 6.10 Å². The Hall–Kier alpha value is -2.33. The maximum Gasteiger partial charge on any atom is 0.165 e. The number of carbonyl (C=O) groups excluding carboxylic acids is 1. The van der Waals surface area contributed by atoms with Gasteiger partial charge in [-0.2, -0.15) is 0 Å². The molecule has 0 bridgehead atoms. The maximum absolute atomic E-state index is 12.0. The van der Waals surface area contributed by atoms with E-state index in [1.165, 1.54) is 24.3 Å². The highest BCUT2D eigenvalue weighted by atomic mass is 16.5. The Morgan fingerprint density at radius 3 is 2.60 bits per heavy atom. The summed E-state index contributed by atoms with van der Waals surface area (Å²) in [6.07, 6.45) is 6.28. The molecular weight excluding hydrogens is 256 g/mol. The lowest BCUT2D eigenvalue weighted by atomic mass is 9.92. The van der Waals surface area contributed by atoms with E-state index in [0.29, 0.717) is 0 Å². The number of methoxy groups -OCH3 is 1. The second kappa shape index (κ2) is 6.21. The zero-order valence-corrected chi connectivity index (χ0v) is 11.1. The average Bonchev–Trinajstić information content (AvgIpc) is 2.45. The molecule has 4 heteroatoms. The van der Waals surface area contributed by atoms with E-state index in [1.54, 1.807) is 25.3 Å². The molecule has 20 heavy (non-hydrogen) atoms. The monoisotopic (exact) mass is 272 g/mol. The topological polar surface area (TPSA) is 66.8 Å². The van der Waals surface area contributed by atoms with Gasteiger partial charge in [-0.25, -0.2) is 0 Å². The zero-order valence-electron chi connectivity index (χ0n) is 11.1. The third-order valence-corrected chi connectivity index (χ3v) is 3.07. The van der Waals surface area contributed by atoms with Crippen LogP contribution in [0.4, 0.5) is 0 Å². The van der Waals surface area contributed by atoms with Crippen LogP contribution in [0.25, 0.3) is 6.08 Å². The molecule has 4 nitrogen and oxygen atoms in total. The molecule has 1 aromatic rings. The van der Waals surface area contributed by atoms with Crippen molar-refractivity contribution in [1.82, 2.24) is 0 Å². The number of hydrogen-bond donors (Lipinski definition) is 2. The number of ether oxygens (including phenoxy) is 1. The summed E-state index contributed by atoms with van der Waals surface area (Å²) in [7, 11) is 1.59. The van der Waals surface area contributed by atoms with Gasteiger partial charge < -0.3 is 14.9 Å². The van der Waals surface area contributed by atoms with Crippen LogP contribution in [0.2, 0.25) is 0 Å². The first-order valence-corrected chi connectivity index (χ1v) is 6.23. The number of carbonyl (C=O) groups is 1. The van der Waals surface area contributed by atoms with E-state index >= 15 is 0 Å². The summed E-state index contributed by atoms with van der Waals surface area (Å²) in [5.74, 6) is -0.144. The minimum atomic E-state index is -0.993. The Kier molecular flexibility index (Phi) is 4.38. The fourth-order valence-electron chi connectivity index (χ4n) is 1.92. The lowest BCUT2D eigenvalue weighted by Crippen LogP contribution is -2.25. The summed E-state index contributed by atoms with van der Waals surface area (Å²) >= 11 is 0. The van der Waals surface area contributed by atoms with Crippen LogP contribution in [-0.2, 0) is 4.79 Å². The van der Waals surface area contributed by atoms with Gasteiger partial charge in [0.05, 0.1) is 19.1 Å². The first-order valence-electron chi connectivity index (χ1n) is 6.23. The summed E-state index contributed by atoms with van der Waals surface area (Å²) in [5.41, 5.74) is 0.867. The number of aliphatic hydroxyl groups excluding tert-OH is 2. The third-order valence-electron chi connectivity index (χ3n) is 3.07. The molecule has 2 unspecified atom stereocenters. The van der Waals surface area contributed by atoms with Crippen LogP contribution in [0.1, 0.15) is 5.56 Å². The predicted molar refractivity (Wildman–Crippen MR) is 76.4 cm³/mol. The highest BCUT2D eigenvalue weighted by Crippen LogP contribution is 2.18. The van der Waals surface area contributed by atoms with Crippen molar-refractivity contribution in [2.24, 2.45) is 5.92 Å². The molecular formula is C16H16O4. The first-order chi connectivity index (χ1) is 9.60. The van der Waals surface area contributed by atoms with Crippen LogP contribution in [0, 0.1) is 5.92 Å². The molecule has 2 rings (SSSR count). The summed E-state index contributed by atoms with van der Waals surface area (Å²) in [6, 6.07) is 7.28. The maximum atomic E-state index is 12.0. The molecule has 0 aliphatic heterocycles. The van der Waals surface area contributed by atoms with Crippen LogP contribution in [0.15, 0.2) is 54.3 Å². The standard InChI is InChI=1S/C16H16O4/c1-20-13-6-2-11(3-7-13)4-9-15(18)14-8-5-12(17)10-16(14)19/h2-10,14,16-17,19H,1H3/b9-4+. The fraction of sp³-hybridized carbons (Fsp3) is 0.188. The normalized spacial score (nSPS) is 21.8. The fourth-order valence-corrected chi connectivity index (χ4v) is 1.92. The van der Waals surface area contributed by atoms with E-state index in [4.69, 9.17) is 4.74 Å². The van der Waals surface area contributed by atoms with Gasteiger partial charge >= 0.3 is 0 Å². The van der Waals surface area contributed by atoms with E-state index in [1.807, 2.05) is 12.1 Å². The van der Waals surface area contributed by atoms with Crippen molar-refractivity contribution in [3.63, 3.8) is 0 Å². The predicted octanol–water partition coefficient (Wildman–Crippen LogP) is 2.27. The highest BCUT2D eigenvalue weighted by molar-refractivity contribution is 5.97. The van der Waals surface area contributed by atoms with Crippen molar-refractivity contribution in [1.29, 1.82) is 0 Å². The minimum Gasteiger partial charge on any atom is -0.508 e. The lowest BCUT2D eigenvalue weighted by Gasteiger charge is -2.17. The largest absolute Gasteiger partial charge is 0.508 e. The Balaban J connectivity index is 2.04. The molecule has 0 heterocycles. The molecule has 0 aromatic heterocycles. The number of ketones is 1. The van der Waals surface area contributed by atoms with Crippen LogP contribution in [0.3, 0.4) is 0 Å². The van der Waals surface area contributed by atoms with Gasteiger partial charge in [0.1, 0.15) is 11.5 Å². The zero-order chi connectivity index (χ0) is 14.5. The quantitative estimate of drug-likeness (QED) is 0.825. The summed E-state index contributed by atoms with van der Waals surface area (Å²) in [4.78, 5) is 12.0. The molecule has 1 aliphatic rings. The van der Waals surface area contributed by atoms with Crippen molar-refractivity contribution in [3.8, 4) is 5.75 Å². The van der Waals surface area contributed by atoms with Crippen molar-refractivity contribution in [3.05, 3.63) is 59.9 Å². The van der Waals surface area contributed by atoms with Crippen molar-refractivity contribution in [2.75, 3.05) is 7.11 Å². The van der Waals surface area contributed by atoms with Gasteiger partial charge in [-0.1, -0.05) is 24.3 Å². The van der Waals surface area contributed by atoms with Gasteiger partial charge in [0.2, 0.25) is 0 Å². The molecule has 2 atom stereocenters. The Labute approximate surface area is 117 Å². The van der Waals surface area contributed by atoms with E-state index in [0.717, 1.165) is 11.3 Å². The van der Waals surface area contributed by atoms with Crippen LogP contribution in [0.5, 0.6) is 5.75 Å². The van der Waals surface area contributed by atoms with Crippen molar-refractivity contribution < 1.29 is 19.7 Å². The van der Waals surface area contributed by atoms with E-state index in [2.05, 4.69) is 0 Å². The molecule has 104 valence electrons. The van der Waals surface area contributed by atoms with Gasteiger partial charge in [0, 0.05) is 0 Å². The Morgan fingerprint density at radius 1 is 1.30 bits per heavy atom. The van der Waals surface area contributed by atoms with E-state index in [-0.39, 0.29) is 11.5 Å². The summed E-state index contributed by atoms with van der Waals surface area (Å²) in [6.45, 7) is 0. The van der Waals surface area contributed by atoms with Gasteiger partial charge in [-0.3, -0.25) is 4.79 Å². The van der Waals surface area contributed by atoms with E-state index < -0.39 is 12.0 Å². The van der Waals surface area contributed by atoms with Gasteiger partial charge in [-0.05, 0) is 35.9 Å². The molecule has 0 radical (unpaired) electrons. The number of benzene rings is 1. The van der Waals surface area contributed by atoms with Crippen molar-refractivity contribution >= 4 is 11.9 Å². The molecule has 0 saturated carbocycles. The lowest BCUT2D eigenvalue weighted by molar-refractivity contribution is -0.118. The van der Waals surface area contributed by atoms with Crippen LogP contribution >= 0.6 is 0 Å². The molecule has 1 aromatic carbocycles. The Morgan fingerprint density at radius 2 is 2.00 bits per heavy atom. The SMILES string of the molecule is COc1ccc(/C=C/C(=O)C2C=CC(O)=CC2O)cc1. The van der Waals surface area contributed by atoms with Gasteiger partial charge in [0.25, 0.3) is 0 Å². The Bertz CT molecular complexity index is 567. The van der Waals surface area contributed by atoms with E-state index in [9.17, 15) is 15.0 Å². The highest BCUT2D eigenvalue weighted by Gasteiger charge is 2.23. The summed E-state index contributed by atoms with van der Waals surface area (Å²) in [5, 5.41) is 18.9. The molecule has 0 amide bonds. The smallest absolute Gasteiger partial charge is 0.165 e. The number of aliphatic hydroxyl groups is 2.